The summed E-state index contributed by atoms with van der Waals surface area (Å²) in [5.41, 5.74) is 1.17. The molecule has 0 aliphatic heterocycles. The van der Waals surface area contributed by atoms with Gasteiger partial charge in [0.05, 0.1) is 0 Å². The molecule has 0 bridgehead atoms. The summed E-state index contributed by atoms with van der Waals surface area (Å²) in [6.45, 7) is 0.811. The molecule has 0 aromatic heterocycles. The van der Waals surface area contributed by atoms with E-state index in [9.17, 15) is 14.4 Å². The summed E-state index contributed by atoms with van der Waals surface area (Å²) < 4.78 is 0. The van der Waals surface area contributed by atoms with Gasteiger partial charge in [0.15, 0.2) is 0 Å². The van der Waals surface area contributed by atoms with Crippen molar-refractivity contribution in [1.29, 1.82) is 0 Å². The summed E-state index contributed by atoms with van der Waals surface area (Å²) in [6, 6.07) is 16.7. The first kappa shape index (κ1) is 20.9. The van der Waals surface area contributed by atoms with E-state index in [1.165, 1.54) is 0 Å². The highest BCUT2D eigenvalue weighted by atomic mass is 32.2. The van der Waals surface area contributed by atoms with Gasteiger partial charge < -0.3 is 16.0 Å². The van der Waals surface area contributed by atoms with Crippen molar-refractivity contribution in [1.82, 2.24) is 10.6 Å². The summed E-state index contributed by atoms with van der Waals surface area (Å²) in [4.78, 5) is 36.9. The molecule has 3 rings (SSSR count). The van der Waals surface area contributed by atoms with Crippen molar-refractivity contribution < 1.29 is 14.4 Å². The number of amides is 3. The third-order valence-corrected chi connectivity index (χ3v) is 5.44. The summed E-state index contributed by atoms with van der Waals surface area (Å²) >= 11 is 1.64. The Labute approximate surface area is 174 Å². The number of thioether (sulfide) groups is 1. The zero-order valence-corrected chi connectivity index (χ0v) is 17.0. The van der Waals surface area contributed by atoms with Crippen molar-refractivity contribution >= 4 is 35.2 Å². The SMILES string of the molecule is O=C(CCSc1ccccc1)Nc1ccc(C(=O)NCCNC(=O)C2CC2)cc1. The van der Waals surface area contributed by atoms with E-state index in [4.69, 9.17) is 0 Å². The summed E-state index contributed by atoms with van der Waals surface area (Å²) in [7, 11) is 0. The maximum absolute atomic E-state index is 12.1. The number of rotatable bonds is 10. The summed E-state index contributed by atoms with van der Waals surface area (Å²) in [5, 5.41) is 8.42. The average Bonchev–Trinajstić information content (AvgIpc) is 3.58. The van der Waals surface area contributed by atoms with E-state index in [1.54, 1.807) is 36.0 Å². The van der Waals surface area contributed by atoms with Gasteiger partial charge >= 0.3 is 0 Å². The molecule has 0 radical (unpaired) electrons. The number of carbonyl (C=O) groups is 3. The Bertz CT molecular complexity index is 836. The molecular weight excluding hydrogens is 386 g/mol. The lowest BCUT2D eigenvalue weighted by Gasteiger charge is -2.08. The molecular formula is C22H25N3O3S. The Morgan fingerprint density at radius 3 is 2.28 bits per heavy atom. The lowest BCUT2D eigenvalue weighted by atomic mass is 10.2. The first-order chi connectivity index (χ1) is 14.1. The molecule has 0 unspecified atom stereocenters. The number of anilines is 1. The number of hydrogen-bond donors (Lipinski definition) is 3. The molecule has 3 N–H and O–H groups in total. The average molecular weight is 412 g/mol. The molecule has 6 nitrogen and oxygen atoms in total. The molecule has 0 atom stereocenters. The first-order valence-corrected chi connectivity index (χ1v) is 10.7. The highest BCUT2D eigenvalue weighted by molar-refractivity contribution is 7.99. The molecule has 29 heavy (non-hydrogen) atoms. The van der Waals surface area contributed by atoms with E-state index in [2.05, 4.69) is 16.0 Å². The third kappa shape index (κ3) is 7.27. The third-order valence-electron chi connectivity index (χ3n) is 4.43. The van der Waals surface area contributed by atoms with Gasteiger partial charge in [0, 0.05) is 47.3 Å². The fourth-order valence-corrected chi connectivity index (χ4v) is 3.53. The summed E-state index contributed by atoms with van der Waals surface area (Å²) in [6.07, 6.45) is 2.34. The Kier molecular flexibility index (Phi) is 7.69. The van der Waals surface area contributed by atoms with E-state index in [1.807, 2.05) is 30.3 Å². The van der Waals surface area contributed by atoms with Crippen LogP contribution in [0.3, 0.4) is 0 Å². The molecule has 152 valence electrons. The smallest absolute Gasteiger partial charge is 0.251 e. The van der Waals surface area contributed by atoms with Gasteiger partial charge in [-0.15, -0.1) is 11.8 Å². The predicted octanol–water partition coefficient (Wildman–Crippen LogP) is 3.06. The van der Waals surface area contributed by atoms with Crippen LogP contribution in [0.15, 0.2) is 59.5 Å². The van der Waals surface area contributed by atoms with Gasteiger partial charge in [0.25, 0.3) is 5.91 Å². The number of carbonyl (C=O) groups excluding carboxylic acids is 3. The monoisotopic (exact) mass is 411 g/mol. The number of hydrogen-bond acceptors (Lipinski definition) is 4. The largest absolute Gasteiger partial charge is 0.354 e. The zero-order chi connectivity index (χ0) is 20.5. The van der Waals surface area contributed by atoms with Gasteiger partial charge in [-0.2, -0.15) is 0 Å². The van der Waals surface area contributed by atoms with E-state index in [0.29, 0.717) is 36.5 Å². The molecule has 0 saturated heterocycles. The Morgan fingerprint density at radius 1 is 0.897 bits per heavy atom. The van der Waals surface area contributed by atoms with Crippen LogP contribution in [0.5, 0.6) is 0 Å². The van der Waals surface area contributed by atoms with Gasteiger partial charge in [-0.05, 0) is 49.2 Å². The topological polar surface area (TPSA) is 87.3 Å². The van der Waals surface area contributed by atoms with Crippen molar-refractivity contribution in [3.63, 3.8) is 0 Å². The van der Waals surface area contributed by atoms with Crippen LogP contribution in [0.1, 0.15) is 29.6 Å². The minimum absolute atomic E-state index is 0.0583. The molecule has 1 aliphatic carbocycles. The molecule has 1 fully saturated rings. The zero-order valence-electron chi connectivity index (χ0n) is 16.1. The van der Waals surface area contributed by atoms with E-state index < -0.39 is 0 Å². The van der Waals surface area contributed by atoms with Crippen molar-refractivity contribution in [2.24, 2.45) is 5.92 Å². The molecule has 0 spiro atoms. The van der Waals surface area contributed by atoms with Crippen molar-refractivity contribution in [2.75, 3.05) is 24.2 Å². The molecule has 0 heterocycles. The second-order valence-electron chi connectivity index (χ2n) is 6.86. The minimum atomic E-state index is -0.206. The van der Waals surface area contributed by atoms with E-state index in [-0.39, 0.29) is 23.6 Å². The standard InChI is InChI=1S/C22H25N3O3S/c26-20(12-15-29-19-4-2-1-3-5-19)25-18-10-8-17(9-11-18)22(28)24-14-13-23-21(27)16-6-7-16/h1-5,8-11,16H,6-7,12-15H2,(H,23,27)(H,24,28)(H,25,26). The quantitative estimate of drug-likeness (QED) is 0.414. The molecule has 3 amide bonds. The first-order valence-electron chi connectivity index (χ1n) is 9.75. The molecule has 1 aliphatic rings. The second-order valence-corrected chi connectivity index (χ2v) is 8.03. The van der Waals surface area contributed by atoms with Gasteiger partial charge in [-0.3, -0.25) is 14.4 Å². The Balaban J connectivity index is 1.34. The van der Waals surface area contributed by atoms with Crippen molar-refractivity contribution in [3.05, 3.63) is 60.2 Å². The van der Waals surface area contributed by atoms with E-state index >= 15 is 0 Å². The van der Waals surface area contributed by atoms with Crippen LogP contribution >= 0.6 is 11.8 Å². The van der Waals surface area contributed by atoms with Crippen LogP contribution in [-0.2, 0) is 9.59 Å². The van der Waals surface area contributed by atoms with Crippen molar-refractivity contribution in [3.8, 4) is 0 Å². The molecule has 2 aromatic carbocycles. The van der Waals surface area contributed by atoms with Crippen molar-refractivity contribution in [2.45, 2.75) is 24.2 Å². The van der Waals surface area contributed by atoms with Crippen LogP contribution in [0.25, 0.3) is 0 Å². The normalized spacial score (nSPS) is 12.8. The fourth-order valence-electron chi connectivity index (χ4n) is 2.66. The van der Waals surface area contributed by atoms with Crippen LogP contribution < -0.4 is 16.0 Å². The van der Waals surface area contributed by atoms with Gasteiger partial charge in [-0.25, -0.2) is 0 Å². The second kappa shape index (κ2) is 10.7. The van der Waals surface area contributed by atoms with E-state index in [0.717, 1.165) is 17.7 Å². The molecule has 1 saturated carbocycles. The van der Waals surface area contributed by atoms with Gasteiger partial charge in [0.2, 0.25) is 11.8 Å². The Hall–Kier alpha value is -2.80. The molecule has 2 aromatic rings. The highest BCUT2D eigenvalue weighted by Gasteiger charge is 2.28. The lowest BCUT2D eigenvalue weighted by molar-refractivity contribution is -0.122. The highest BCUT2D eigenvalue weighted by Crippen LogP contribution is 2.28. The lowest BCUT2D eigenvalue weighted by Crippen LogP contribution is -2.35. The number of nitrogens with one attached hydrogen (secondary N) is 3. The maximum Gasteiger partial charge on any atom is 0.251 e. The number of benzene rings is 2. The molecule has 7 heteroatoms. The van der Waals surface area contributed by atoms with Gasteiger partial charge in [0.1, 0.15) is 0 Å². The van der Waals surface area contributed by atoms with Crippen LogP contribution in [0.2, 0.25) is 0 Å². The maximum atomic E-state index is 12.1. The fraction of sp³-hybridized carbons (Fsp3) is 0.318. The Morgan fingerprint density at radius 2 is 1.59 bits per heavy atom. The van der Waals surface area contributed by atoms with Crippen LogP contribution in [0.4, 0.5) is 5.69 Å². The minimum Gasteiger partial charge on any atom is -0.354 e. The van der Waals surface area contributed by atoms with Gasteiger partial charge in [-0.1, -0.05) is 18.2 Å². The van der Waals surface area contributed by atoms with Crippen LogP contribution in [-0.4, -0.2) is 36.6 Å². The predicted molar refractivity (Wildman–Crippen MR) is 115 cm³/mol. The van der Waals surface area contributed by atoms with Crippen LogP contribution in [0, 0.1) is 5.92 Å². The summed E-state index contributed by atoms with van der Waals surface area (Å²) in [5.74, 6) is 0.680.